The van der Waals surface area contributed by atoms with Crippen molar-refractivity contribution in [2.24, 2.45) is 0 Å². The molecule has 0 aliphatic heterocycles. The normalized spacial score (nSPS) is 12.1. The minimum Gasteiger partial charge on any atom is -0.481 e. The fourth-order valence-electron chi connectivity index (χ4n) is 2.04. The molecule has 0 bridgehead atoms. The summed E-state index contributed by atoms with van der Waals surface area (Å²) in [5, 5.41) is 8.55. The molecule has 1 heterocycles. The number of aromatic nitrogens is 2. The summed E-state index contributed by atoms with van der Waals surface area (Å²) < 4.78 is 24.2. The van der Waals surface area contributed by atoms with E-state index in [1.807, 2.05) is 6.92 Å². The SMILES string of the molecule is Cc1ccc(CSc2nnc(C(C)Oc3ccc(F)cc3)o2)cc1. The Morgan fingerprint density at radius 1 is 1.08 bits per heavy atom. The van der Waals surface area contributed by atoms with Crippen molar-refractivity contribution >= 4 is 11.8 Å². The molecule has 6 heteroatoms. The third-order valence-corrected chi connectivity index (χ3v) is 4.27. The largest absolute Gasteiger partial charge is 0.481 e. The van der Waals surface area contributed by atoms with Gasteiger partial charge in [-0.15, -0.1) is 10.2 Å². The Morgan fingerprint density at radius 2 is 1.79 bits per heavy atom. The van der Waals surface area contributed by atoms with Crippen LogP contribution in [0.25, 0.3) is 0 Å². The van der Waals surface area contributed by atoms with Crippen molar-refractivity contribution in [2.45, 2.75) is 30.9 Å². The summed E-state index contributed by atoms with van der Waals surface area (Å²) in [6.45, 7) is 3.87. The second-order valence-electron chi connectivity index (χ2n) is 5.39. The van der Waals surface area contributed by atoms with Gasteiger partial charge in [0.1, 0.15) is 11.6 Å². The van der Waals surface area contributed by atoms with Crippen LogP contribution in [-0.2, 0) is 5.75 Å². The Labute approximate surface area is 144 Å². The van der Waals surface area contributed by atoms with Crippen LogP contribution in [0.5, 0.6) is 5.75 Å². The van der Waals surface area contributed by atoms with Crippen molar-refractivity contribution in [3.05, 3.63) is 71.4 Å². The standard InChI is InChI=1S/C18H17FN2O2S/c1-12-3-5-14(6-4-12)11-24-18-21-20-17(23-18)13(2)22-16-9-7-15(19)8-10-16/h3-10,13H,11H2,1-2H3. The summed E-state index contributed by atoms with van der Waals surface area (Å²) >= 11 is 1.48. The van der Waals surface area contributed by atoms with Crippen molar-refractivity contribution in [3.63, 3.8) is 0 Å². The van der Waals surface area contributed by atoms with Crippen LogP contribution in [0.1, 0.15) is 30.0 Å². The summed E-state index contributed by atoms with van der Waals surface area (Å²) in [5.41, 5.74) is 2.43. The molecular formula is C18H17FN2O2S. The zero-order valence-electron chi connectivity index (χ0n) is 13.4. The topological polar surface area (TPSA) is 48.2 Å². The van der Waals surface area contributed by atoms with E-state index in [4.69, 9.17) is 9.15 Å². The van der Waals surface area contributed by atoms with E-state index in [-0.39, 0.29) is 5.82 Å². The van der Waals surface area contributed by atoms with Gasteiger partial charge in [-0.05, 0) is 43.7 Å². The summed E-state index contributed by atoms with van der Waals surface area (Å²) in [6.07, 6.45) is -0.406. The highest BCUT2D eigenvalue weighted by molar-refractivity contribution is 7.98. The fourth-order valence-corrected chi connectivity index (χ4v) is 2.77. The molecule has 124 valence electrons. The van der Waals surface area contributed by atoms with Gasteiger partial charge in [0.05, 0.1) is 0 Å². The van der Waals surface area contributed by atoms with Gasteiger partial charge in [0.25, 0.3) is 11.1 Å². The molecule has 0 saturated carbocycles. The summed E-state index contributed by atoms with van der Waals surface area (Å²) in [5.74, 6) is 1.40. The average Bonchev–Trinajstić information content (AvgIpc) is 3.06. The number of hydrogen-bond acceptors (Lipinski definition) is 5. The Morgan fingerprint density at radius 3 is 2.50 bits per heavy atom. The lowest BCUT2D eigenvalue weighted by atomic mass is 10.2. The molecule has 0 saturated heterocycles. The summed E-state index contributed by atoms with van der Waals surface area (Å²) in [4.78, 5) is 0. The number of halogens is 1. The lowest BCUT2D eigenvalue weighted by molar-refractivity contribution is 0.181. The van der Waals surface area contributed by atoms with Crippen LogP contribution in [0, 0.1) is 12.7 Å². The lowest BCUT2D eigenvalue weighted by Gasteiger charge is -2.10. The van der Waals surface area contributed by atoms with Gasteiger partial charge in [-0.2, -0.15) is 0 Å². The van der Waals surface area contributed by atoms with Gasteiger partial charge in [-0.25, -0.2) is 4.39 Å². The molecule has 1 aromatic heterocycles. The molecule has 3 rings (SSSR count). The van der Waals surface area contributed by atoms with Crippen LogP contribution >= 0.6 is 11.8 Å². The number of nitrogens with zero attached hydrogens (tertiary/aromatic N) is 2. The lowest BCUT2D eigenvalue weighted by Crippen LogP contribution is -2.03. The molecule has 2 aromatic carbocycles. The van der Waals surface area contributed by atoms with Crippen LogP contribution < -0.4 is 4.74 Å². The maximum atomic E-state index is 12.9. The van der Waals surface area contributed by atoms with Crippen molar-refractivity contribution in [3.8, 4) is 5.75 Å². The highest BCUT2D eigenvalue weighted by Gasteiger charge is 2.16. The van der Waals surface area contributed by atoms with Gasteiger partial charge in [0, 0.05) is 5.75 Å². The first-order chi connectivity index (χ1) is 11.6. The molecule has 0 aliphatic rings. The van der Waals surface area contributed by atoms with E-state index in [9.17, 15) is 4.39 Å². The number of benzene rings is 2. The van der Waals surface area contributed by atoms with Gasteiger partial charge >= 0.3 is 0 Å². The summed E-state index contributed by atoms with van der Waals surface area (Å²) in [7, 11) is 0. The Kier molecular flexibility index (Phi) is 5.15. The van der Waals surface area contributed by atoms with Crippen LogP contribution in [0.2, 0.25) is 0 Å². The number of aryl methyl sites for hydroxylation is 1. The van der Waals surface area contributed by atoms with Gasteiger partial charge in [-0.3, -0.25) is 0 Å². The molecule has 1 atom stereocenters. The van der Waals surface area contributed by atoms with Crippen LogP contribution in [0.15, 0.2) is 58.2 Å². The van der Waals surface area contributed by atoms with Gasteiger partial charge in [0.2, 0.25) is 0 Å². The molecule has 0 N–H and O–H groups in total. The first-order valence-electron chi connectivity index (χ1n) is 7.54. The third kappa shape index (κ3) is 4.35. The maximum absolute atomic E-state index is 12.9. The third-order valence-electron chi connectivity index (χ3n) is 3.38. The van der Waals surface area contributed by atoms with Gasteiger partial charge in [-0.1, -0.05) is 41.6 Å². The molecule has 0 fully saturated rings. The van der Waals surface area contributed by atoms with Gasteiger partial charge in [0.15, 0.2) is 6.10 Å². The van der Waals surface area contributed by atoms with E-state index in [1.165, 1.54) is 35.0 Å². The zero-order chi connectivity index (χ0) is 16.9. The van der Waals surface area contributed by atoms with Crippen molar-refractivity contribution in [1.82, 2.24) is 10.2 Å². The van der Waals surface area contributed by atoms with E-state index in [1.54, 1.807) is 12.1 Å². The van der Waals surface area contributed by atoms with E-state index in [0.717, 1.165) is 5.75 Å². The number of rotatable bonds is 6. The smallest absolute Gasteiger partial charge is 0.277 e. The van der Waals surface area contributed by atoms with Crippen LogP contribution in [0.4, 0.5) is 4.39 Å². The Balaban J connectivity index is 1.58. The Bertz CT molecular complexity index is 788. The molecule has 0 radical (unpaired) electrons. The first kappa shape index (κ1) is 16.5. The number of thioether (sulfide) groups is 1. The maximum Gasteiger partial charge on any atom is 0.277 e. The van der Waals surface area contributed by atoms with E-state index < -0.39 is 6.10 Å². The molecule has 4 nitrogen and oxygen atoms in total. The predicted octanol–water partition coefficient (Wildman–Crippen LogP) is 4.95. The molecule has 3 aromatic rings. The molecule has 24 heavy (non-hydrogen) atoms. The zero-order valence-corrected chi connectivity index (χ0v) is 14.2. The van der Waals surface area contributed by atoms with Crippen molar-refractivity contribution in [1.29, 1.82) is 0 Å². The van der Waals surface area contributed by atoms with E-state index in [0.29, 0.717) is 16.9 Å². The predicted molar refractivity (Wildman–Crippen MR) is 90.5 cm³/mol. The van der Waals surface area contributed by atoms with Crippen LogP contribution in [0.3, 0.4) is 0 Å². The number of hydrogen-bond donors (Lipinski definition) is 0. The van der Waals surface area contributed by atoms with Crippen molar-refractivity contribution in [2.75, 3.05) is 0 Å². The molecular weight excluding hydrogens is 327 g/mol. The Hall–Kier alpha value is -2.34. The van der Waals surface area contributed by atoms with Crippen molar-refractivity contribution < 1.29 is 13.5 Å². The average molecular weight is 344 g/mol. The second-order valence-corrected chi connectivity index (χ2v) is 6.32. The number of ether oxygens (including phenoxy) is 1. The fraction of sp³-hybridized carbons (Fsp3) is 0.222. The van der Waals surface area contributed by atoms with Crippen LogP contribution in [-0.4, -0.2) is 10.2 Å². The van der Waals surface area contributed by atoms with Gasteiger partial charge < -0.3 is 9.15 Å². The minimum atomic E-state index is -0.406. The molecule has 0 amide bonds. The summed E-state index contributed by atoms with van der Waals surface area (Å²) in [6, 6.07) is 14.1. The van der Waals surface area contributed by atoms with E-state index >= 15 is 0 Å². The highest BCUT2D eigenvalue weighted by Crippen LogP contribution is 2.26. The minimum absolute atomic E-state index is 0.303. The highest BCUT2D eigenvalue weighted by atomic mass is 32.2. The molecule has 0 aliphatic carbocycles. The first-order valence-corrected chi connectivity index (χ1v) is 8.52. The second kappa shape index (κ2) is 7.49. The quantitative estimate of drug-likeness (QED) is 0.592. The molecule has 1 unspecified atom stereocenters. The monoisotopic (exact) mass is 344 g/mol. The van der Waals surface area contributed by atoms with E-state index in [2.05, 4.69) is 41.4 Å². The molecule has 0 spiro atoms.